The lowest BCUT2D eigenvalue weighted by Gasteiger charge is -2.46. The van der Waals surface area contributed by atoms with Crippen molar-refractivity contribution in [3.63, 3.8) is 0 Å². The fourth-order valence-corrected chi connectivity index (χ4v) is 3.73. The van der Waals surface area contributed by atoms with E-state index in [2.05, 4.69) is 10.3 Å². The van der Waals surface area contributed by atoms with Gasteiger partial charge in [0.1, 0.15) is 17.0 Å². The molecule has 8 heteroatoms. The largest absolute Gasteiger partial charge is 0.458 e. The SMILES string of the molecule is CC(C)(C)OC(=O)NC1=N[C@](C)(c2cc(N)ccc2F)CC2(CCOCC2)O1. The summed E-state index contributed by atoms with van der Waals surface area (Å²) in [6.45, 7) is 8.17. The summed E-state index contributed by atoms with van der Waals surface area (Å²) in [4.78, 5) is 16.8. The lowest BCUT2D eigenvalue weighted by atomic mass is 9.76. The van der Waals surface area contributed by atoms with E-state index in [1.54, 1.807) is 26.8 Å². The number of nitrogens with one attached hydrogen (secondary N) is 1. The first-order valence-electron chi connectivity index (χ1n) is 9.43. The molecule has 3 rings (SSSR count). The maximum absolute atomic E-state index is 14.7. The van der Waals surface area contributed by atoms with Crippen molar-refractivity contribution in [2.24, 2.45) is 4.99 Å². The van der Waals surface area contributed by atoms with Gasteiger partial charge < -0.3 is 19.9 Å². The summed E-state index contributed by atoms with van der Waals surface area (Å²) >= 11 is 0. The first kappa shape index (κ1) is 20.4. The molecule has 0 aromatic heterocycles. The van der Waals surface area contributed by atoms with Crippen LogP contribution >= 0.6 is 0 Å². The topological polar surface area (TPSA) is 95.2 Å². The van der Waals surface area contributed by atoms with Gasteiger partial charge in [-0.05, 0) is 45.9 Å². The first-order valence-corrected chi connectivity index (χ1v) is 9.43. The van der Waals surface area contributed by atoms with Crippen LogP contribution in [0.15, 0.2) is 23.2 Å². The average molecular weight is 393 g/mol. The van der Waals surface area contributed by atoms with Gasteiger partial charge in [-0.25, -0.2) is 19.5 Å². The van der Waals surface area contributed by atoms with Gasteiger partial charge >= 0.3 is 6.09 Å². The Morgan fingerprint density at radius 1 is 1.32 bits per heavy atom. The molecular formula is C20H28FN3O4. The number of anilines is 1. The lowest BCUT2D eigenvalue weighted by Crippen LogP contribution is -2.53. The maximum atomic E-state index is 14.7. The molecule has 2 aliphatic rings. The summed E-state index contributed by atoms with van der Waals surface area (Å²) < 4.78 is 31.5. The second kappa shape index (κ2) is 7.24. The fourth-order valence-electron chi connectivity index (χ4n) is 3.73. The Kier molecular flexibility index (Phi) is 5.27. The summed E-state index contributed by atoms with van der Waals surface area (Å²) in [6, 6.07) is 4.45. The number of nitrogens with zero attached hydrogens (tertiary/aromatic N) is 1. The number of nitrogens with two attached hydrogens (primary N) is 1. The van der Waals surface area contributed by atoms with Gasteiger partial charge in [0.25, 0.3) is 6.02 Å². The van der Waals surface area contributed by atoms with E-state index in [-0.39, 0.29) is 6.02 Å². The lowest BCUT2D eigenvalue weighted by molar-refractivity contribution is -0.0814. The molecule has 154 valence electrons. The molecule has 1 saturated heterocycles. The van der Waals surface area contributed by atoms with Crippen LogP contribution in [0.4, 0.5) is 14.9 Å². The van der Waals surface area contributed by atoms with E-state index in [0.29, 0.717) is 43.7 Å². The normalized spacial score (nSPS) is 24.2. The molecule has 2 aliphatic heterocycles. The molecule has 0 unspecified atom stereocenters. The molecule has 3 N–H and O–H groups in total. The highest BCUT2D eigenvalue weighted by molar-refractivity contribution is 5.91. The summed E-state index contributed by atoms with van der Waals surface area (Å²) in [6.07, 6.45) is 0.998. The van der Waals surface area contributed by atoms with Gasteiger partial charge in [0.2, 0.25) is 0 Å². The number of nitrogen functional groups attached to an aromatic ring is 1. The molecule has 2 heterocycles. The maximum Gasteiger partial charge on any atom is 0.415 e. The number of hydrogen-bond acceptors (Lipinski definition) is 6. The molecule has 1 fully saturated rings. The number of carbonyl (C=O) groups excluding carboxylic acids is 1. The zero-order chi connectivity index (χ0) is 20.6. The van der Waals surface area contributed by atoms with Gasteiger partial charge in [0, 0.05) is 30.5 Å². The number of benzene rings is 1. The van der Waals surface area contributed by atoms with Crippen molar-refractivity contribution in [1.82, 2.24) is 5.32 Å². The van der Waals surface area contributed by atoms with Crippen molar-refractivity contribution in [2.75, 3.05) is 18.9 Å². The van der Waals surface area contributed by atoms with E-state index in [4.69, 9.17) is 19.9 Å². The Bertz CT molecular complexity index is 784. The third-order valence-corrected chi connectivity index (χ3v) is 4.91. The zero-order valence-electron chi connectivity index (χ0n) is 16.8. The van der Waals surface area contributed by atoms with Gasteiger partial charge in [0.15, 0.2) is 0 Å². The zero-order valence-corrected chi connectivity index (χ0v) is 16.8. The standard InChI is InChI=1S/C20H28FN3O4/c1-18(2,3)28-17(25)23-16-24-19(4,14-11-13(22)5-6-15(14)21)12-20(27-16)7-9-26-10-8-20/h5-6,11H,7-10,12,22H2,1-4H3,(H,23,24,25)/t19-/m0/s1. The van der Waals surface area contributed by atoms with Crippen LogP contribution in [0.2, 0.25) is 0 Å². The smallest absolute Gasteiger partial charge is 0.415 e. The molecule has 7 nitrogen and oxygen atoms in total. The molecule has 1 amide bonds. The van der Waals surface area contributed by atoms with Gasteiger partial charge in [-0.3, -0.25) is 0 Å². The van der Waals surface area contributed by atoms with Crippen LogP contribution in [0.3, 0.4) is 0 Å². The average Bonchev–Trinajstić information content (AvgIpc) is 2.55. The molecule has 1 aromatic rings. The van der Waals surface area contributed by atoms with Crippen LogP contribution in [-0.4, -0.2) is 36.5 Å². The molecule has 28 heavy (non-hydrogen) atoms. The second-order valence-electron chi connectivity index (χ2n) is 8.63. The van der Waals surface area contributed by atoms with E-state index >= 15 is 0 Å². The number of halogens is 1. The van der Waals surface area contributed by atoms with E-state index in [9.17, 15) is 9.18 Å². The Hall–Kier alpha value is -2.35. The first-order chi connectivity index (χ1) is 13.0. The molecule has 0 bridgehead atoms. The van der Waals surface area contributed by atoms with Crippen molar-refractivity contribution in [2.45, 2.75) is 63.7 Å². The Morgan fingerprint density at radius 3 is 2.64 bits per heavy atom. The molecule has 1 atom stereocenters. The third-order valence-electron chi connectivity index (χ3n) is 4.91. The quantitative estimate of drug-likeness (QED) is 0.713. The highest BCUT2D eigenvalue weighted by Crippen LogP contribution is 2.44. The second-order valence-corrected chi connectivity index (χ2v) is 8.63. The van der Waals surface area contributed by atoms with Crippen LogP contribution in [0.1, 0.15) is 52.5 Å². The number of carbonyl (C=O) groups is 1. The third kappa shape index (κ3) is 4.55. The fraction of sp³-hybridized carbons (Fsp3) is 0.600. The van der Waals surface area contributed by atoms with E-state index in [1.165, 1.54) is 12.1 Å². The van der Waals surface area contributed by atoms with E-state index < -0.39 is 28.7 Å². The number of aliphatic imine (C=N–C) groups is 1. The van der Waals surface area contributed by atoms with Crippen molar-refractivity contribution in [3.8, 4) is 0 Å². The minimum absolute atomic E-state index is 0.0201. The van der Waals surface area contributed by atoms with Crippen LogP contribution in [-0.2, 0) is 19.7 Å². The molecule has 1 aromatic carbocycles. The Morgan fingerprint density at radius 2 is 2.00 bits per heavy atom. The predicted molar refractivity (Wildman–Crippen MR) is 103 cm³/mol. The number of amides is 1. The van der Waals surface area contributed by atoms with Crippen LogP contribution in [0, 0.1) is 5.82 Å². The van der Waals surface area contributed by atoms with Crippen LogP contribution < -0.4 is 11.1 Å². The Balaban J connectivity index is 1.97. The Labute approximate surface area is 164 Å². The summed E-state index contributed by atoms with van der Waals surface area (Å²) in [5.41, 5.74) is 4.46. The van der Waals surface area contributed by atoms with Gasteiger partial charge in [-0.2, -0.15) is 0 Å². The van der Waals surface area contributed by atoms with Crippen molar-refractivity contribution < 1.29 is 23.4 Å². The van der Waals surface area contributed by atoms with Crippen LogP contribution in [0.5, 0.6) is 0 Å². The summed E-state index contributed by atoms with van der Waals surface area (Å²) in [5.74, 6) is -0.402. The summed E-state index contributed by atoms with van der Waals surface area (Å²) in [7, 11) is 0. The predicted octanol–water partition coefficient (Wildman–Crippen LogP) is 3.47. The van der Waals surface area contributed by atoms with Crippen LogP contribution in [0.25, 0.3) is 0 Å². The monoisotopic (exact) mass is 393 g/mol. The molecule has 0 aliphatic carbocycles. The highest BCUT2D eigenvalue weighted by atomic mass is 19.1. The van der Waals surface area contributed by atoms with E-state index in [1.807, 2.05) is 6.92 Å². The minimum Gasteiger partial charge on any atom is -0.458 e. The summed E-state index contributed by atoms with van der Waals surface area (Å²) in [5, 5.41) is 2.58. The van der Waals surface area contributed by atoms with Gasteiger partial charge in [-0.1, -0.05) is 0 Å². The minimum atomic E-state index is -0.959. The van der Waals surface area contributed by atoms with Crippen molar-refractivity contribution in [3.05, 3.63) is 29.6 Å². The highest BCUT2D eigenvalue weighted by Gasteiger charge is 2.48. The van der Waals surface area contributed by atoms with E-state index in [0.717, 1.165) is 0 Å². The van der Waals surface area contributed by atoms with Gasteiger partial charge in [-0.15, -0.1) is 0 Å². The number of rotatable bonds is 1. The van der Waals surface area contributed by atoms with Crippen molar-refractivity contribution >= 4 is 17.8 Å². The number of ether oxygens (including phenoxy) is 3. The van der Waals surface area contributed by atoms with Gasteiger partial charge in [0.05, 0.1) is 18.8 Å². The molecule has 0 saturated carbocycles. The molecular weight excluding hydrogens is 365 g/mol. The molecule has 1 spiro atoms. The number of amidine groups is 1. The van der Waals surface area contributed by atoms with Crippen molar-refractivity contribution in [1.29, 1.82) is 0 Å². The number of alkyl carbamates (subject to hydrolysis) is 1. The molecule has 0 radical (unpaired) electrons. The number of hydrogen-bond donors (Lipinski definition) is 2.